The molecule has 0 amide bonds. The molecule has 0 unspecified atom stereocenters. The van der Waals surface area contributed by atoms with E-state index in [0.717, 1.165) is 5.69 Å². The van der Waals surface area contributed by atoms with Gasteiger partial charge in [-0.15, -0.1) is 0 Å². The Hall–Kier alpha value is -2.03. The van der Waals surface area contributed by atoms with Crippen LogP contribution in [0.25, 0.3) is 0 Å². The smallest absolute Gasteiger partial charge is 0.148 e. The Bertz CT molecular complexity index is 550. The molecule has 0 aliphatic heterocycles. The summed E-state index contributed by atoms with van der Waals surface area (Å²) in [6.07, 6.45) is 0. The number of nitrogens with one attached hydrogen (secondary N) is 1. The van der Waals surface area contributed by atoms with Gasteiger partial charge in [-0.3, -0.25) is 0 Å². The van der Waals surface area contributed by atoms with E-state index >= 15 is 0 Å². The zero-order chi connectivity index (χ0) is 12.4. The molecule has 2 nitrogen and oxygen atoms in total. The van der Waals surface area contributed by atoms with Gasteiger partial charge in [-0.1, -0.05) is 6.07 Å². The Kier molecular flexibility index (Phi) is 3.00. The summed E-state index contributed by atoms with van der Waals surface area (Å²) in [4.78, 5) is 0. The first-order valence-electron chi connectivity index (χ1n) is 5.45. The third kappa shape index (κ3) is 2.56. The van der Waals surface area contributed by atoms with E-state index in [0.29, 0.717) is 11.4 Å². The molecule has 0 radical (unpaired) electrons. The fourth-order valence-electron chi connectivity index (χ4n) is 1.61. The highest BCUT2D eigenvalue weighted by molar-refractivity contribution is 5.63. The molecular formula is C14H15FN2. The molecule has 0 aromatic heterocycles. The molecule has 0 heterocycles. The predicted molar refractivity (Wildman–Crippen MR) is 70.0 cm³/mol. The fraction of sp³-hybridized carbons (Fsp3) is 0.143. The van der Waals surface area contributed by atoms with Crippen molar-refractivity contribution in [1.82, 2.24) is 0 Å². The van der Waals surface area contributed by atoms with Gasteiger partial charge in [0, 0.05) is 11.4 Å². The molecule has 0 atom stereocenters. The lowest BCUT2D eigenvalue weighted by molar-refractivity contribution is 0.632. The van der Waals surface area contributed by atoms with Crippen LogP contribution >= 0.6 is 0 Å². The second-order valence-corrected chi connectivity index (χ2v) is 4.16. The molecule has 0 aliphatic carbocycles. The average Bonchev–Trinajstić information content (AvgIpc) is 2.27. The number of benzene rings is 2. The maximum atomic E-state index is 13.6. The lowest BCUT2D eigenvalue weighted by Crippen LogP contribution is -1.96. The van der Waals surface area contributed by atoms with Gasteiger partial charge in [0.2, 0.25) is 0 Å². The molecule has 2 aromatic carbocycles. The number of hydrogen-bond acceptors (Lipinski definition) is 2. The number of hydrogen-bond donors (Lipinski definition) is 2. The Morgan fingerprint density at radius 1 is 1.00 bits per heavy atom. The minimum absolute atomic E-state index is 0.344. The summed E-state index contributed by atoms with van der Waals surface area (Å²) in [5.41, 5.74) is 9.61. The van der Waals surface area contributed by atoms with Crippen molar-refractivity contribution in [3.63, 3.8) is 0 Å². The summed E-state index contributed by atoms with van der Waals surface area (Å²) in [7, 11) is 0. The number of anilines is 3. The van der Waals surface area contributed by atoms with Crippen molar-refractivity contribution >= 4 is 17.1 Å². The summed E-state index contributed by atoms with van der Waals surface area (Å²) in [6.45, 7) is 4.07. The normalized spacial score (nSPS) is 10.3. The molecule has 0 saturated heterocycles. The van der Waals surface area contributed by atoms with Crippen molar-refractivity contribution in [2.24, 2.45) is 0 Å². The van der Waals surface area contributed by atoms with Gasteiger partial charge in [-0.05, 0) is 55.3 Å². The molecule has 17 heavy (non-hydrogen) atoms. The quantitative estimate of drug-likeness (QED) is 0.771. The van der Waals surface area contributed by atoms with Gasteiger partial charge >= 0.3 is 0 Å². The molecule has 0 saturated carbocycles. The molecule has 0 bridgehead atoms. The van der Waals surface area contributed by atoms with Crippen molar-refractivity contribution < 1.29 is 4.39 Å². The average molecular weight is 230 g/mol. The van der Waals surface area contributed by atoms with Gasteiger partial charge in [0.15, 0.2) is 0 Å². The highest BCUT2D eigenvalue weighted by Crippen LogP contribution is 2.23. The molecule has 0 aliphatic rings. The maximum Gasteiger partial charge on any atom is 0.148 e. The van der Waals surface area contributed by atoms with E-state index in [1.54, 1.807) is 12.1 Å². The molecule has 3 heteroatoms. The minimum atomic E-state index is -0.344. The van der Waals surface area contributed by atoms with Gasteiger partial charge in [0.25, 0.3) is 0 Å². The number of nitrogen functional groups attached to an aromatic ring is 1. The molecule has 0 fully saturated rings. The number of rotatable bonds is 2. The molecule has 0 spiro atoms. The number of halogens is 1. The third-order valence-corrected chi connectivity index (χ3v) is 2.78. The first-order valence-corrected chi connectivity index (χ1v) is 5.45. The Morgan fingerprint density at radius 3 is 2.41 bits per heavy atom. The van der Waals surface area contributed by atoms with Crippen LogP contribution in [-0.2, 0) is 0 Å². The summed E-state index contributed by atoms with van der Waals surface area (Å²) >= 11 is 0. The van der Waals surface area contributed by atoms with E-state index < -0.39 is 0 Å². The number of aryl methyl sites for hydroxylation is 2. The molecule has 2 aromatic rings. The third-order valence-electron chi connectivity index (χ3n) is 2.78. The van der Waals surface area contributed by atoms with Crippen molar-refractivity contribution in [2.75, 3.05) is 11.1 Å². The SMILES string of the molecule is Cc1ccc(Nc2ccc(N)cc2F)cc1C. The lowest BCUT2D eigenvalue weighted by atomic mass is 10.1. The fourth-order valence-corrected chi connectivity index (χ4v) is 1.61. The highest BCUT2D eigenvalue weighted by atomic mass is 19.1. The molecular weight excluding hydrogens is 215 g/mol. The van der Waals surface area contributed by atoms with Crippen LogP contribution in [0.1, 0.15) is 11.1 Å². The van der Waals surface area contributed by atoms with Crippen molar-refractivity contribution in [1.29, 1.82) is 0 Å². The first kappa shape index (κ1) is 11.5. The summed E-state index contributed by atoms with van der Waals surface area (Å²) < 4.78 is 13.6. The van der Waals surface area contributed by atoms with E-state index in [2.05, 4.69) is 5.32 Å². The van der Waals surface area contributed by atoms with Crippen LogP contribution in [0, 0.1) is 19.7 Å². The van der Waals surface area contributed by atoms with Gasteiger partial charge in [0.05, 0.1) is 5.69 Å². The van der Waals surface area contributed by atoms with Crippen molar-refractivity contribution in [3.8, 4) is 0 Å². The minimum Gasteiger partial charge on any atom is -0.399 e. The standard InChI is InChI=1S/C14H15FN2/c1-9-3-5-12(7-10(9)2)17-14-6-4-11(16)8-13(14)15/h3-8,17H,16H2,1-2H3. The van der Waals surface area contributed by atoms with Crippen molar-refractivity contribution in [3.05, 3.63) is 53.3 Å². The molecule has 3 N–H and O–H groups in total. The van der Waals surface area contributed by atoms with Crippen LogP contribution in [0.4, 0.5) is 21.5 Å². The molecule has 88 valence electrons. The Labute approximate surface area is 100 Å². The van der Waals surface area contributed by atoms with Crippen molar-refractivity contribution in [2.45, 2.75) is 13.8 Å². The van der Waals surface area contributed by atoms with E-state index in [4.69, 9.17) is 5.73 Å². The largest absolute Gasteiger partial charge is 0.399 e. The van der Waals surface area contributed by atoms with E-state index in [1.165, 1.54) is 17.2 Å². The van der Waals surface area contributed by atoms with Crippen LogP contribution in [0.5, 0.6) is 0 Å². The number of nitrogens with two attached hydrogens (primary N) is 1. The second kappa shape index (κ2) is 4.45. The van der Waals surface area contributed by atoms with Crippen LogP contribution < -0.4 is 11.1 Å². The zero-order valence-corrected chi connectivity index (χ0v) is 9.92. The van der Waals surface area contributed by atoms with E-state index in [9.17, 15) is 4.39 Å². The first-order chi connectivity index (χ1) is 8.06. The van der Waals surface area contributed by atoms with E-state index in [-0.39, 0.29) is 5.82 Å². The van der Waals surface area contributed by atoms with Crippen LogP contribution in [0.2, 0.25) is 0 Å². The van der Waals surface area contributed by atoms with Gasteiger partial charge in [-0.2, -0.15) is 0 Å². The summed E-state index contributed by atoms with van der Waals surface area (Å²) in [5.74, 6) is -0.344. The van der Waals surface area contributed by atoms with E-state index in [1.807, 2.05) is 32.0 Å². The Balaban J connectivity index is 2.28. The monoisotopic (exact) mass is 230 g/mol. The zero-order valence-electron chi connectivity index (χ0n) is 9.92. The van der Waals surface area contributed by atoms with Gasteiger partial charge < -0.3 is 11.1 Å². The topological polar surface area (TPSA) is 38.0 Å². The Morgan fingerprint density at radius 2 is 1.76 bits per heavy atom. The second-order valence-electron chi connectivity index (χ2n) is 4.16. The van der Waals surface area contributed by atoms with Gasteiger partial charge in [-0.25, -0.2) is 4.39 Å². The van der Waals surface area contributed by atoms with Crippen LogP contribution in [0.15, 0.2) is 36.4 Å². The highest BCUT2D eigenvalue weighted by Gasteiger charge is 2.03. The lowest BCUT2D eigenvalue weighted by Gasteiger charge is -2.10. The summed E-state index contributed by atoms with van der Waals surface area (Å²) in [6, 6.07) is 10.5. The van der Waals surface area contributed by atoms with Crippen LogP contribution in [-0.4, -0.2) is 0 Å². The maximum absolute atomic E-state index is 13.6. The van der Waals surface area contributed by atoms with Gasteiger partial charge in [0.1, 0.15) is 5.82 Å². The van der Waals surface area contributed by atoms with Crippen LogP contribution in [0.3, 0.4) is 0 Å². The summed E-state index contributed by atoms with van der Waals surface area (Å²) in [5, 5.41) is 3.04. The predicted octanol–water partition coefficient (Wildman–Crippen LogP) is 3.77. The molecule has 2 rings (SSSR count).